The van der Waals surface area contributed by atoms with E-state index in [0.717, 1.165) is 6.54 Å². The third kappa shape index (κ3) is 13.4. The maximum atomic E-state index is 11.2. The largest absolute Gasteiger partial charge is 0.383 e. The minimum atomic E-state index is -0.161. The van der Waals surface area contributed by atoms with Crippen molar-refractivity contribution in [2.45, 2.75) is 13.8 Å². The van der Waals surface area contributed by atoms with Crippen LogP contribution in [-0.4, -0.2) is 45.2 Å². The van der Waals surface area contributed by atoms with Gasteiger partial charge in [0.1, 0.15) is 6.54 Å². The predicted octanol–water partition coefficient (Wildman–Crippen LogP) is -0.0727. The molecule has 0 unspecified atom stereocenters. The standard InChI is InChI=1S/C10H22N4O2.HI/c1-8(2)6-13-10(11)14-7-9(15)12-4-5-16-3;/h8H,4-7H2,1-3H3,(H,12,15)(H3,11,13,14);1H. The Morgan fingerprint density at radius 1 is 1.41 bits per heavy atom. The fourth-order valence-corrected chi connectivity index (χ4v) is 0.870. The number of nitrogens with one attached hydrogen (secondary N) is 2. The van der Waals surface area contributed by atoms with E-state index < -0.39 is 0 Å². The quantitative estimate of drug-likeness (QED) is 0.257. The highest BCUT2D eigenvalue weighted by Crippen LogP contribution is 1.85. The van der Waals surface area contributed by atoms with Crippen LogP contribution in [0.2, 0.25) is 0 Å². The molecule has 6 nitrogen and oxygen atoms in total. The number of aliphatic imine (C=N–C) groups is 1. The molecule has 0 fully saturated rings. The molecule has 0 atom stereocenters. The van der Waals surface area contributed by atoms with E-state index in [1.165, 1.54) is 0 Å². The van der Waals surface area contributed by atoms with Crippen LogP contribution in [0.25, 0.3) is 0 Å². The molecule has 0 bridgehead atoms. The summed E-state index contributed by atoms with van der Waals surface area (Å²) in [4.78, 5) is 15.1. The third-order valence-corrected chi connectivity index (χ3v) is 1.71. The van der Waals surface area contributed by atoms with Gasteiger partial charge in [-0.15, -0.1) is 24.0 Å². The second kappa shape index (κ2) is 11.9. The van der Waals surface area contributed by atoms with Crippen LogP contribution in [0.15, 0.2) is 4.99 Å². The van der Waals surface area contributed by atoms with Crippen LogP contribution in [0.4, 0.5) is 0 Å². The molecule has 0 heterocycles. The van der Waals surface area contributed by atoms with Crippen molar-refractivity contribution in [3.8, 4) is 0 Å². The zero-order valence-corrected chi connectivity index (χ0v) is 13.0. The van der Waals surface area contributed by atoms with Crippen molar-refractivity contribution in [2.75, 3.05) is 33.4 Å². The van der Waals surface area contributed by atoms with Gasteiger partial charge in [0.2, 0.25) is 5.91 Å². The van der Waals surface area contributed by atoms with Gasteiger partial charge in [0.25, 0.3) is 0 Å². The van der Waals surface area contributed by atoms with E-state index in [0.29, 0.717) is 25.0 Å². The van der Waals surface area contributed by atoms with Gasteiger partial charge in [0, 0.05) is 20.2 Å². The minimum Gasteiger partial charge on any atom is -0.383 e. The van der Waals surface area contributed by atoms with Gasteiger partial charge >= 0.3 is 0 Å². The predicted molar refractivity (Wildman–Crippen MR) is 79.6 cm³/mol. The number of nitrogens with two attached hydrogens (primary N) is 1. The summed E-state index contributed by atoms with van der Waals surface area (Å²) < 4.78 is 4.80. The summed E-state index contributed by atoms with van der Waals surface area (Å²) in [5, 5.41) is 5.58. The molecule has 0 aliphatic heterocycles. The Morgan fingerprint density at radius 2 is 2.06 bits per heavy atom. The lowest BCUT2D eigenvalue weighted by Gasteiger charge is -2.07. The van der Waals surface area contributed by atoms with Gasteiger partial charge in [-0.1, -0.05) is 13.8 Å². The smallest absolute Gasteiger partial charge is 0.241 e. The lowest BCUT2D eigenvalue weighted by molar-refractivity contribution is -0.119. The van der Waals surface area contributed by atoms with Gasteiger partial charge in [-0.25, -0.2) is 4.99 Å². The second-order valence-corrected chi connectivity index (χ2v) is 3.82. The summed E-state index contributed by atoms with van der Waals surface area (Å²) in [5.74, 6) is 0.631. The van der Waals surface area contributed by atoms with E-state index in [2.05, 4.69) is 29.5 Å². The highest BCUT2D eigenvalue weighted by molar-refractivity contribution is 14.0. The maximum absolute atomic E-state index is 11.2. The van der Waals surface area contributed by atoms with E-state index in [1.54, 1.807) is 7.11 Å². The fraction of sp³-hybridized carbons (Fsp3) is 0.800. The van der Waals surface area contributed by atoms with E-state index in [-0.39, 0.29) is 36.4 Å². The molecular formula is C10H23IN4O2. The summed E-state index contributed by atoms with van der Waals surface area (Å²) in [6.45, 7) is 5.91. The van der Waals surface area contributed by atoms with Gasteiger partial charge in [-0.05, 0) is 5.92 Å². The molecule has 1 amide bonds. The number of carbonyl (C=O) groups is 1. The molecule has 0 saturated heterocycles. The van der Waals surface area contributed by atoms with Crippen LogP contribution in [0, 0.1) is 5.92 Å². The molecule has 17 heavy (non-hydrogen) atoms. The van der Waals surface area contributed by atoms with Gasteiger partial charge in [0.15, 0.2) is 5.96 Å². The molecule has 4 N–H and O–H groups in total. The summed E-state index contributed by atoms with van der Waals surface area (Å²) in [6.07, 6.45) is 0. The number of guanidine groups is 1. The molecule has 7 heteroatoms. The third-order valence-electron chi connectivity index (χ3n) is 1.71. The molecular weight excluding hydrogens is 335 g/mol. The van der Waals surface area contributed by atoms with Crippen molar-refractivity contribution >= 4 is 35.8 Å². The molecule has 0 aromatic heterocycles. The monoisotopic (exact) mass is 358 g/mol. The number of rotatable bonds is 7. The number of hydrogen-bond acceptors (Lipinski definition) is 3. The molecule has 0 aliphatic rings. The molecule has 0 radical (unpaired) electrons. The lowest BCUT2D eigenvalue weighted by atomic mass is 10.2. The Balaban J connectivity index is 0. The number of carbonyl (C=O) groups excluding carboxylic acids is 1. The zero-order chi connectivity index (χ0) is 12.4. The topological polar surface area (TPSA) is 88.7 Å². The molecule has 0 aromatic rings. The Kier molecular flexibility index (Phi) is 13.2. The van der Waals surface area contributed by atoms with Crippen molar-refractivity contribution in [2.24, 2.45) is 16.6 Å². The maximum Gasteiger partial charge on any atom is 0.241 e. The van der Waals surface area contributed by atoms with Crippen LogP contribution < -0.4 is 16.4 Å². The number of amides is 1. The van der Waals surface area contributed by atoms with E-state index in [1.807, 2.05) is 0 Å². The molecule has 0 saturated carbocycles. The Hall–Kier alpha value is -0.570. The van der Waals surface area contributed by atoms with Crippen LogP contribution in [0.1, 0.15) is 13.8 Å². The normalized spacial score (nSPS) is 10.9. The Labute approximate surface area is 120 Å². The first kappa shape index (κ1) is 18.8. The summed E-state index contributed by atoms with van der Waals surface area (Å²) in [6, 6.07) is 0. The summed E-state index contributed by atoms with van der Waals surface area (Å²) in [7, 11) is 1.58. The number of methoxy groups -OCH3 is 1. The van der Waals surface area contributed by atoms with Crippen molar-refractivity contribution in [1.29, 1.82) is 0 Å². The SMILES string of the molecule is COCCNC(=O)CN=C(N)NCC(C)C.I. The number of ether oxygens (including phenoxy) is 1. The van der Waals surface area contributed by atoms with Gasteiger partial charge in [-0.3, -0.25) is 4.79 Å². The average molecular weight is 358 g/mol. The molecule has 0 aromatic carbocycles. The highest BCUT2D eigenvalue weighted by atomic mass is 127. The summed E-state index contributed by atoms with van der Waals surface area (Å²) in [5.41, 5.74) is 5.56. The Morgan fingerprint density at radius 3 is 2.59 bits per heavy atom. The summed E-state index contributed by atoms with van der Waals surface area (Å²) >= 11 is 0. The van der Waals surface area contributed by atoms with Crippen molar-refractivity contribution in [3.05, 3.63) is 0 Å². The first-order valence-electron chi connectivity index (χ1n) is 5.35. The van der Waals surface area contributed by atoms with Crippen LogP contribution >= 0.6 is 24.0 Å². The van der Waals surface area contributed by atoms with Gasteiger partial charge < -0.3 is 21.1 Å². The molecule has 0 spiro atoms. The van der Waals surface area contributed by atoms with Gasteiger partial charge in [-0.2, -0.15) is 0 Å². The van der Waals surface area contributed by atoms with Crippen LogP contribution in [0.3, 0.4) is 0 Å². The minimum absolute atomic E-state index is 0. The van der Waals surface area contributed by atoms with Crippen LogP contribution in [-0.2, 0) is 9.53 Å². The fourth-order valence-electron chi connectivity index (χ4n) is 0.870. The average Bonchev–Trinajstić information content (AvgIpc) is 2.24. The first-order valence-corrected chi connectivity index (χ1v) is 5.35. The van der Waals surface area contributed by atoms with Crippen LogP contribution in [0.5, 0.6) is 0 Å². The number of halogens is 1. The number of hydrogen-bond donors (Lipinski definition) is 3. The van der Waals surface area contributed by atoms with E-state index >= 15 is 0 Å². The van der Waals surface area contributed by atoms with Gasteiger partial charge in [0.05, 0.1) is 6.61 Å². The van der Waals surface area contributed by atoms with Crippen molar-refractivity contribution in [3.63, 3.8) is 0 Å². The van der Waals surface area contributed by atoms with E-state index in [4.69, 9.17) is 10.5 Å². The Bertz CT molecular complexity index is 234. The highest BCUT2D eigenvalue weighted by Gasteiger charge is 1.99. The first-order chi connectivity index (χ1) is 7.56. The zero-order valence-electron chi connectivity index (χ0n) is 10.7. The van der Waals surface area contributed by atoms with E-state index in [9.17, 15) is 4.79 Å². The van der Waals surface area contributed by atoms with Crippen molar-refractivity contribution in [1.82, 2.24) is 10.6 Å². The molecule has 0 rings (SSSR count). The number of nitrogens with zero attached hydrogens (tertiary/aromatic N) is 1. The molecule has 0 aliphatic carbocycles. The van der Waals surface area contributed by atoms with Crippen molar-refractivity contribution < 1.29 is 9.53 Å². The lowest BCUT2D eigenvalue weighted by Crippen LogP contribution is -2.36. The molecule has 102 valence electrons. The second-order valence-electron chi connectivity index (χ2n) is 3.82.